The van der Waals surface area contributed by atoms with E-state index in [0.29, 0.717) is 43.4 Å². The summed E-state index contributed by atoms with van der Waals surface area (Å²) in [6.07, 6.45) is 0. The van der Waals surface area contributed by atoms with Crippen molar-refractivity contribution in [2.24, 2.45) is 0 Å². The van der Waals surface area contributed by atoms with Gasteiger partial charge in [0.1, 0.15) is 11.5 Å². The first-order chi connectivity index (χ1) is 13.0. The van der Waals surface area contributed by atoms with Crippen LogP contribution in [-0.2, 0) is 4.74 Å². The first-order valence-electron chi connectivity index (χ1n) is 9.05. The van der Waals surface area contributed by atoms with Gasteiger partial charge in [0.05, 0.1) is 18.9 Å². The number of halogens is 1. The standard InChI is InChI=1S/C21H22FN3O2/c1-13-9-14(2)16-12-19(24-18(16)10-13)21(26)23-15-3-4-20(17(22)11-15)25-5-7-27-8-6-25/h3-4,9-12,24H,5-8H2,1-2H3,(H,23,26). The average molecular weight is 367 g/mol. The molecule has 2 aromatic carbocycles. The van der Waals surface area contributed by atoms with Crippen LogP contribution in [0.4, 0.5) is 15.8 Å². The number of rotatable bonds is 3. The molecule has 3 aromatic rings. The number of hydrogen-bond acceptors (Lipinski definition) is 3. The van der Waals surface area contributed by atoms with Gasteiger partial charge in [-0.3, -0.25) is 4.79 Å². The molecule has 1 aromatic heterocycles. The van der Waals surface area contributed by atoms with Crippen molar-refractivity contribution in [2.75, 3.05) is 36.5 Å². The van der Waals surface area contributed by atoms with E-state index in [-0.39, 0.29) is 11.7 Å². The third kappa shape index (κ3) is 3.53. The summed E-state index contributed by atoms with van der Waals surface area (Å²) in [6.45, 7) is 6.55. The van der Waals surface area contributed by atoms with Crippen molar-refractivity contribution in [3.8, 4) is 0 Å². The minimum atomic E-state index is -0.349. The van der Waals surface area contributed by atoms with Crippen LogP contribution < -0.4 is 10.2 Å². The Balaban J connectivity index is 1.54. The zero-order valence-electron chi connectivity index (χ0n) is 15.4. The lowest BCUT2D eigenvalue weighted by atomic mass is 10.1. The van der Waals surface area contributed by atoms with Gasteiger partial charge in [-0.25, -0.2) is 4.39 Å². The van der Waals surface area contributed by atoms with Crippen LogP contribution in [0.5, 0.6) is 0 Å². The third-order valence-corrected chi connectivity index (χ3v) is 4.89. The second-order valence-corrected chi connectivity index (χ2v) is 6.95. The molecule has 140 valence electrons. The summed E-state index contributed by atoms with van der Waals surface area (Å²) < 4.78 is 19.8. The van der Waals surface area contributed by atoms with Crippen LogP contribution in [0.2, 0.25) is 0 Å². The highest BCUT2D eigenvalue weighted by atomic mass is 19.1. The molecule has 1 aliphatic heterocycles. The second kappa shape index (κ2) is 7.04. The number of hydrogen-bond donors (Lipinski definition) is 2. The number of nitrogens with one attached hydrogen (secondary N) is 2. The van der Waals surface area contributed by atoms with Crippen LogP contribution in [0.15, 0.2) is 36.4 Å². The van der Waals surface area contributed by atoms with Gasteiger partial charge in [-0.05, 0) is 55.3 Å². The molecule has 2 heterocycles. The van der Waals surface area contributed by atoms with Gasteiger partial charge in [0.25, 0.3) is 5.91 Å². The molecule has 0 unspecified atom stereocenters. The number of benzene rings is 2. The Morgan fingerprint density at radius 2 is 1.93 bits per heavy atom. The van der Waals surface area contributed by atoms with Crippen molar-refractivity contribution in [1.82, 2.24) is 4.98 Å². The summed E-state index contributed by atoms with van der Waals surface area (Å²) in [5.74, 6) is -0.639. The maximum absolute atomic E-state index is 14.5. The lowest BCUT2D eigenvalue weighted by Gasteiger charge is -2.29. The normalized spacial score (nSPS) is 14.6. The lowest BCUT2D eigenvalue weighted by molar-refractivity contribution is 0.102. The summed E-state index contributed by atoms with van der Waals surface area (Å²) in [7, 11) is 0. The van der Waals surface area contributed by atoms with Gasteiger partial charge < -0.3 is 19.9 Å². The number of nitrogens with zero attached hydrogens (tertiary/aromatic N) is 1. The Kier molecular flexibility index (Phi) is 4.58. The van der Waals surface area contributed by atoms with E-state index in [4.69, 9.17) is 4.74 Å². The molecule has 6 heteroatoms. The molecule has 0 spiro atoms. The molecule has 0 atom stereocenters. The summed E-state index contributed by atoms with van der Waals surface area (Å²) >= 11 is 0. The van der Waals surface area contributed by atoms with Crippen molar-refractivity contribution >= 4 is 28.2 Å². The number of carbonyl (C=O) groups excluding carboxylic acids is 1. The molecule has 0 saturated carbocycles. The van der Waals surface area contributed by atoms with E-state index in [1.807, 2.05) is 30.9 Å². The molecule has 5 nitrogen and oxygen atoms in total. The fourth-order valence-corrected chi connectivity index (χ4v) is 3.57. The number of anilines is 2. The van der Waals surface area contributed by atoms with Gasteiger partial charge in [-0.15, -0.1) is 0 Å². The highest BCUT2D eigenvalue weighted by Gasteiger charge is 2.17. The van der Waals surface area contributed by atoms with Crippen LogP contribution in [0.25, 0.3) is 10.9 Å². The summed E-state index contributed by atoms with van der Waals surface area (Å²) in [5, 5.41) is 3.78. The van der Waals surface area contributed by atoms with Crippen molar-refractivity contribution < 1.29 is 13.9 Å². The zero-order valence-corrected chi connectivity index (χ0v) is 15.4. The van der Waals surface area contributed by atoms with Crippen LogP contribution in [-0.4, -0.2) is 37.2 Å². The van der Waals surface area contributed by atoms with E-state index in [9.17, 15) is 9.18 Å². The predicted molar refractivity (Wildman–Crippen MR) is 105 cm³/mol. The van der Waals surface area contributed by atoms with Gasteiger partial charge in [0.2, 0.25) is 0 Å². The number of morpholine rings is 1. The maximum Gasteiger partial charge on any atom is 0.272 e. The van der Waals surface area contributed by atoms with Gasteiger partial charge in [-0.2, -0.15) is 0 Å². The molecule has 1 fully saturated rings. The number of aryl methyl sites for hydroxylation is 2. The highest BCUT2D eigenvalue weighted by molar-refractivity contribution is 6.06. The van der Waals surface area contributed by atoms with Crippen molar-refractivity contribution in [1.29, 1.82) is 0 Å². The SMILES string of the molecule is Cc1cc(C)c2cc(C(=O)Nc3ccc(N4CCOCC4)c(F)c3)[nH]c2c1. The van der Waals surface area contributed by atoms with Gasteiger partial charge in [-0.1, -0.05) is 6.07 Å². The lowest BCUT2D eigenvalue weighted by Crippen LogP contribution is -2.36. The smallest absolute Gasteiger partial charge is 0.272 e. The van der Waals surface area contributed by atoms with Gasteiger partial charge >= 0.3 is 0 Å². The monoisotopic (exact) mass is 367 g/mol. The quantitative estimate of drug-likeness (QED) is 0.735. The molecule has 27 heavy (non-hydrogen) atoms. The first kappa shape index (κ1) is 17.5. The Hall–Kier alpha value is -2.86. The molecule has 0 bridgehead atoms. The predicted octanol–water partition coefficient (Wildman–Crippen LogP) is 4.01. The summed E-state index contributed by atoms with van der Waals surface area (Å²) in [6, 6.07) is 10.7. The summed E-state index contributed by atoms with van der Waals surface area (Å²) in [5.41, 5.74) is 4.59. The highest BCUT2D eigenvalue weighted by Crippen LogP contribution is 2.25. The molecule has 1 amide bonds. The number of aromatic amines is 1. The van der Waals surface area contributed by atoms with Crippen molar-refractivity contribution in [2.45, 2.75) is 13.8 Å². The van der Waals surface area contributed by atoms with Crippen LogP contribution in [0.1, 0.15) is 21.6 Å². The van der Waals surface area contributed by atoms with Gasteiger partial charge in [0, 0.05) is 29.7 Å². The fourth-order valence-electron chi connectivity index (χ4n) is 3.57. The van der Waals surface area contributed by atoms with Crippen LogP contribution in [0.3, 0.4) is 0 Å². The molecule has 1 aliphatic rings. The minimum absolute atomic E-state index is 0.290. The first-order valence-corrected chi connectivity index (χ1v) is 9.05. The number of amides is 1. The number of ether oxygens (including phenoxy) is 1. The van der Waals surface area contributed by atoms with E-state index < -0.39 is 0 Å². The number of carbonyl (C=O) groups is 1. The van der Waals surface area contributed by atoms with Crippen LogP contribution >= 0.6 is 0 Å². The Morgan fingerprint density at radius 1 is 1.15 bits per heavy atom. The Bertz CT molecular complexity index is 1010. The van der Waals surface area contributed by atoms with E-state index in [2.05, 4.69) is 16.4 Å². The third-order valence-electron chi connectivity index (χ3n) is 4.89. The molecular weight excluding hydrogens is 345 g/mol. The molecular formula is C21H22FN3O2. The molecule has 0 aliphatic carbocycles. The second-order valence-electron chi connectivity index (χ2n) is 6.95. The molecule has 2 N–H and O–H groups in total. The fraction of sp³-hybridized carbons (Fsp3) is 0.286. The van der Waals surface area contributed by atoms with Crippen LogP contribution in [0, 0.1) is 19.7 Å². The number of aromatic nitrogens is 1. The van der Waals surface area contributed by atoms with E-state index in [0.717, 1.165) is 22.0 Å². The topological polar surface area (TPSA) is 57.4 Å². The van der Waals surface area contributed by atoms with E-state index in [1.165, 1.54) is 6.07 Å². The average Bonchev–Trinajstić information content (AvgIpc) is 3.07. The number of fused-ring (bicyclic) bond motifs is 1. The minimum Gasteiger partial charge on any atom is -0.378 e. The largest absolute Gasteiger partial charge is 0.378 e. The van der Waals surface area contributed by atoms with E-state index in [1.54, 1.807) is 12.1 Å². The molecule has 4 rings (SSSR count). The van der Waals surface area contributed by atoms with Crippen molar-refractivity contribution in [3.63, 3.8) is 0 Å². The Morgan fingerprint density at radius 3 is 2.67 bits per heavy atom. The van der Waals surface area contributed by atoms with Crippen molar-refractivity contribution in [3.05, 3.63) is 59.0 Å². The Labute approximate surface area is 157 Å². The maximum atomic E-state index is 14.5. The molecule has 1 saturated heterocycles. The van der Waals surface area contributed by atoms with Gasteiger partial charge in [0.15, 0.2) is 0 Å². The zero-order chi connectivity index (χ0) is 19.0. The molecule has 0 radical (unpaired) electrons. The van der Waals surface area contributed by atoms with E-state index >= 15 is 0 Å². The summed E-state index contributed by atoms with van der Waals surface area (Å²) in [4.78, 5) is 17.7. The number of H-pyrrole nitrogens is 1.